The van der Waals surface area contributed by atoms with E-state index in [0.717, 1.165) is 70.6 Å². The van der Waals surface area contributed by atoms with Crippen molar-refractivity contribution in [3.05, 3.63) is 24.3 Å². The summed E-state index contributed by atoms with van der Waals surface area (Å²) in [7, 11) is 0. The molecule has 1 rings (SSSR count). The average Bonchev–Trinajstić information content (AvgIpc) is 3.38. The van der Waals surface area contributed by atoms with Gasteiger partial charge in [-0.15, -0.1) is 0 Å². The van der Waals surface area contributed by atoms with E-state index in [1.807, 2.05) is 6.08 Å². The van der Waals surface area contributed by atoms with Crippen LogP contribution in [0, 0.1) is 0 Å². The molecule has 1 amide bonds. The second-order valence-corrected chi connectivity index (χ2v) is 21.4. The van der Waals surface area contributed by atoms with Gasteiger partial charge < -0.3 is 45.1 Å². The van der Waals surface area contributed by atoms with E-state index in [1.54, 1.807) is 6.08 Å². The van der Waals surface area contributed by atoms with E-state index < -0.39 is 49.5 Å². The summed E-state index contributed by atoms with van der Waals surface area (Å²) in [6.07, 6.45) is 51.3. The van der Waals surface area contributed by atoms with E-state index in [0.29, 0.717) is 19.4 Å². The Morgan fingerprint density at radius 3 is 1.33 bits per heavy atom. The Morgan fingerprint density at radius 1 is 0.500 bits per heavy atom. The number of esters is 1. The molecule has 0 aromatic heterocycles. The molecule has 11 nitrogen and oxygen atoms in total. The lowest BCUT2D eigenvalue weighted by Gasteiger charge is -2.40. The van der Waals surface area contributed by atoms with Crippen LogP contribution in [0.25, 0.3) is 0 Å². The van der Waals surface area contributed by atoms with Crippen molar-refractivity contribution in [2.24, 2.45) is 0 Å². The molecule has 1 aliphatic heterocycles. The highest BCUT2D eigenvalue weighted by molar-refractivity contribution is 5.76. The second kappa shape index (κ2) is 51.3. The molecule has 11 heteroatoms. The topological polar surface area (TPSA) is 175 Å². The summed E-state index contributed by atoms with van der Waals surface area (Å²) in [6, 6.07) is -0.814. The lowest BCUT2D eigenvalue weighted by molar-refractivity contribution is -0.302. The monoisotopic (exact) mass is 1020 g/mol. The minimum absolute atomic E-state index is 0.00272. The Labute approximate surface area is 441 Å². The fourth-order valence-corrected chi connectivity index (χ4v) is 9.67. The number of aliphatic hydroxyl groups excluding tert-OH is 5. The smallest absolute Gasteiger partial charge is 0.305 e. The molecule has 0 saturated carbocycles. The number of amides is 1. The molecule has 1 fully saturated rings. The number of rotatable bonds is 53. The van der Waals surface area contributed by atoms with Crippen molar-refractivity contribution in [3.8, 4) is 0 Å². The number of ether oxygens (including phenoxy) is 3. The molecule has 424 valence electrons. The van der Waals surface area contributed by atoms with Gasteiger partial charge in [0.25, 0.3) is 0 Å². The van der Waals surface area contributed by atoms with Gasteiger partial charge in [0.1, 0.15) is 24.4 Å². The summed E-state index contributed by atoms with van der Waals surface area (Å²) in [5.41, 5.74) is 0. The predicted octanol–water partition coefficient (Wildman–Crippen LogP) is 14.1. The van der Waals surface area contributed by atoms with Crippen molar-refractivity contribution in [3.63, 3.8) is 0 Å². The van der Waals surface area contributed by atoms with Crippen LogP contribution < -0.4 is 5.32 Å². The third-order valence-corrected chi connectivity index (χ3v) is 14.6. The SMILES string of the molecule is CCCCCCCCCCC/C=C/C(O)C(COC1OC(CO)C(O)C(O)C1O)NC(=O)CCCCCCCCC/C=C\CCCCCCCCCCCCCOC(=O)CCCCCCCCCCCCC. The lowest BCUT2D eigenvalue weighted by Crippen LogP contribution is -2.60. The standard InChI is InChI=1S/C61H115NO10/c1-3-5-7-9-11-13-27-31-35-39-43-47-54(64)53(52-71-61-60(69)59(68)58(67)55(51-63)72-61)62-56(65)48-44-40-36-32-29-25-23-21-19-17-15-16-18-20-22-24-26-30-34-38-42-46-50-70-57(66)49-45-41-37-33-28-14-12-10-8-6-4-2/h17,19,43,47,53-55,58-61,63-64,67-69H,3-16,18,20-42,44-46,48-52H2,1-2H3,(H,62,65)/b19-17-,47-43+. The maximum Gasteiger partial charge on any atom is 0.305 e. The summed E-state index contributed by atoms with van der Waals surface area (Å²) in [5, 5.41) is 54.3. The summed E-state index contributed by atoms with van der Waals surface area (Å²) < 4.78 is 16.7. The number of unbranched alkanes of at least 4 members (excludes halogenated alkanes) is 37. The first-order chi connectivity index (χ1) is 35.2. The number of allylic oxidation sites excluding steroid dienone is 3. The number of aliphatic hydroxyl groups is 5. The molecule has 1 aliphatic rings. The molecule has 0 spiro atoms. The van der Waals surface area contributed by atoms with Gasteiger partial charge in [-0.1, -0.05) is 244 Å². The third kappa shape index (κ3) is 40.5. The van der Waals surface area contributed by atoms with Crippen LogP contribution in [0.15, 0.2) is 24.3 Å². The number of hydrogen-bond acceptors (Lipinski definition) is 10. The van der Waals surface area contributed by atoms with Crippen molar-refractivity contribution >= 4 is 11.9 Å². The zero-order valence-corrected chi connectivity index (χ0v) is 46.7. The zero-order valence-electron chi connectivity index (χ0n) is 46.7. The quantitative estimate of drug-likeness (QED) is 0.0195. The third-order valence-electron chi connectivity index (χ3n) is 14.6. The van der Waals surface area contributed by atoms with Gasteiger partial charge in [-0.25, -0.2) is 0 Å². The highest BCUT2D eigenvalue weighted by Gasteiger charge is 2.44. The molecule has 6 N–H and O–H groups in total. The summed E-state index contributed by atoms with van der Waals surface area (Å²) >= 11 is 0. The van der Waals surface area contributed by atoms with Crippen molar-refractivity contribution in [1.29, 1.82) is 0 Å². The van der Waals surface area contributed by atoms with E-state index >= 15 is 0 Å². The van der Waals surface area contributed by atoms with Crippen LogP contribution >= 0.6 is 0 Å². The normalized spacial score (nSPS) is 19.1. The van der Waals surface area contributed by atoms with Gasteiger partial charge in [0, 0.05) is 12.8 Å². The molecule has 0 aromatic rings. The average molecular weight is 1020 g/mol. The molecule has 1 saturated heterocycles. The maximum atomic E-state index is 13.0. The second-order valence-electron chi connectivity index (χ2n) is 21.4. The van der Waals surface area contributed by atoms with Crippen molar-refractivity contribution < 1.29 is 49.3 Å². The van der Waals surface area contributed by atoms with Crippen LogP contribution in [0.3, 0.4) is 0 Å². The number of hydrogen-bond donors (Lipinski definition) is 6. The molecule has 0 aliphatic carbocycles. The van der Waals surface area contributed by atoms with Crippen molar-refractivity contribution in [2.75, 3.05) is 19.8 Å². The highest BCUT2D eigenvalue weighted by Crippen LogP contribution is 2.23. The van der Waals surface area contributed by atoms with Crippen LogP contribution in [0.5, 0.6) is 0 Å². The Balaban J connectivity index is 2.05. The maximum absolute atomic E-state index is 13.0. The van der Waals surface area contributed by atoms with Gasteiger partial charge in [0.05, 0.1) is 32.0 Å². The molecule has 0 bridgehead atoms. The first-order valence-electron chi connectivity index (χ1n) is 30.6. The Hall–Kier alpha value is -1.86. The summed E-state index contributed by atoms with van der Waals surface area (Å²) in [5.74, 6) is -0.192. The van der Waals surface area contributed by atoms with E-state index in [9.17, 15) is 35.1 Å². The first kappa shape index (κ1) is 68.2. The Kier molecular flexibility index (Phi) is 48.5. The number of carbonyl (C=O) groups is 2. The molecule has 72 heavy (non-hydrogen) atoms. The predicted molar refractivity (Wildman–Crippen MR) is 297 cm³/mol. The first-order valence-corrected chi connectivity index (χ1v) is 30.6. The van der Waals surface area contributed by atoms with Gasteiger partial charge in [-0.2, -0.15) is 0 Å². The number of nitrogens with one attached hydrogen (secondary N) is 1. The number of carbonyl (C=O) groups excluding carboxylic acids is 2. The van der Waals surface area contributed by atoms with Gasteiger partial charge in [0.2, 0.25) is 5.91 Å². The fraction of sp³-hybridized carbons (Fsp3) is 0.902. The largest absolute Gasteiger partial charge is 0.466 e. The van der Waals surface area contributed by atoms with Crippen LogP contribution in [0.4, 0.5) is 0 Å². The molecular formula is C61H115NO10. The molecule has 0 radical (unpaired) electrons. The highest BCUT2D eigenvalue weighted by atomic mass is 16.7. The van der Waals surface area contributed by atoms with E-state index in [4.69, 9.17) is 14.2 Å². The van der Waals surface area contributed by atoms with Crippen LogP contribution in [0.1, 0.15) is 290 Å². The summed E-state index contributed by atoms with van der Waals surface area (Å²) in [4.78, 5) is 25.0. The molecule has 7 unspecified atom stereocenters. The fourth-order valence-electron chi connectivity index (χ4n) is 9.67. The zero-order chi connectivity index (χ0) is 52.4. The van der Waals surface area contributed by atoms with Gasteiger partial charge in [-0.05, 0) is 57.8 Å². The Bertz CT molecular complexity index is 1250. The van der Waals surface area contributed by atoms with Crippen LogP contribution in [0.2, 0.25) is 0 Å². The van der Waals surface area contributed by atoms with E-state index in [2.05, 4.69) is 31.3 Å². The molecule has 1 heterocycles. The van der Waals surface area contributed by atoms with Crippen molar-refractivity contribution in [1.82, 2.24) is 5.32 Å². The molecule has 7 atom stereocenters. The van der Waals surface area contributed by atoms with Gasteiger partial charge in [-0.3, -0.25) is 9.59 Å². The minimum atomic E-state index is -1.57. The Morgan fingerprint density at radius 2 is 0.889 bits per heavy atom. The van der Waals surface area contributed by atoms with E-state index in [1.165, 1.54) is 193 Å². The minimum Gasteiger partial charge on any atom is -0.466 e. The van der Waals surface area contributed by atoms with E-state index in [-0.39, 0.29) is 18.5 Å². The summed E-state index contributed by atoms with van der Waals surface area (Å²) in [6.45, 7) is 4.33. The molecular weight excluding hydrogens is 907 g/mol. The van der Waals surface area contributed by atoms with Crippen LogP contribution in [-0.4, -0.2) is 100 Å². The van der Waals surface area contributed by atoms with Gasteiger partial charge >= 0.3 is 5.97 Å². The van der Waals surface area contributed by atoms with Crippen LogP contribution in [-0.2, 0) is 23.8 Å². The molecule has 0 aromatic carbocycles. The van der Waals surface area contributed by atoms with Crippen molar-refractivity contribution in [2.45, 2.75) is 333 Å². The van der Waals surface area contributed by atoms with Gasteiger partial charge in [0.15, 0.2) is 6.29 Å². The lowest BCUT2D eigenvalue weighted by atomic mass is 9.99.